The summed E-state index contributed by atoms with van der Waals surface area (Å²) < 4.78 is 13.3. The molecule has 1 aromatic carbocycles. The van der Waals surface area contributed by atoms with Crippen molar-refractivity contribution in [1.29, 1.82) is 0 Å². The molecule has 0 bridgehead atoms. The molecule has 4 heteroatoms. The molecule has 2 nitrogen and oxygen atoms in total. The number of likely N-dealkylation sites (tertiary alicyclic amines) is 1. The monoisotopic (exact) mass is 284 g/mol. The van der Waals surface area contributed by atoms with Crippen molar-refractivity contribution in [3.8, 4) is 0 Å². The molecule has 1 fully saturated rings. The van der Waals surface area contributed by atoms with Crippen LogP contribution in [0.1, 0.15) is 31.9 Å². The predicted molar refractivity (Wildman–Crippen MR) is 78.0 cm³/mol. The molecule has 2 unspecified atom stereocenters. The van der Waals surface area contributed by atoms with E-state index >= 15 is 0 Å². The van der Waals surface area contributed by atoms with Crippen LogP contribution in [-0.4, -0.2) is 31.1 Å². The minimum Gasteiger partial charge on any atom is -0.314 e. The van der Waals surface area contributed by atoms with Crippen LogP contribution in [0.2, 0.25) is 5.02 Å². The average molecular weight is 285 g/mol. The van der Waals surface area contributed by atoms with Crippen molar-refractivity contribution >= 4 is 11.6 Å². The Balaban J connectivity index is 2.16. The number of halogens is 2. The normalized spacial score (nSPS) is 24.3. The minimum atomic E-state index is -0.345. The van der Waals surface area contributed by atoms with E-state index < -0.39 is 0 Å². The number of benzene rings is 1. The Morgan fingerprint density at radius 3 is 2.84 bits per heavy atom. The molecular weight excluding hydrogens is 263 g/mol. The SMILES string of the molecule is CC(C)NCC1CCN(C)C1c1ccc(F)c(Cl)c1. The lowest BCUT2D eigenvalue weighted by molar-refractivity contribution is 0.269. The van der Waals surface area contributed by atoms with Gasteiger partial charge >= 0.3 is 0 Å². The van der Waals surface area contributed by atoms with Crippen molar-refractivity contribution in [3.63, 3.8) is 0 Å². The van der Waals surface area contributed by atoms with Crippen molar-refractivity contribution in [2.24, 2.45) is 5.92 Å². The van der Waals surface area contributed by atoms with E-state index in [1.54, 1.807) is 6.07 Å². The van der Waals surface area contributed by atoms with Gasteiger partial charge in [0.05, 0.1) is 5.02 Å². The summed E-state index contributed by atoms with van der Waals surface area (Å²) in [6.45, 7) is 6.37. The largest absolute Gasteiger partial charge is 0.314 e. The van der Waals surface area contributed by atoms with Gasteiger partial charge in [-0.2, -0.15) is 0 Å². The van der Waals surface area contributed by atoms with E-state index in [0.717, 1.165) is 25.1 Å². The van der Waals surface area contributed by atoms with Gasteiger partial charge < -0.3 is 5.32 Å². The first-order chi connectivity index (χ1) is 8.99. The summed E-state index contributed by atoms with van der Waals surface area (Å²) in [6.07, 6.45) is 1.16. The third-order valence-electron chi connectivity index (χ3n) is 3.85. The maximum Gasteiger partial charge on any atom is 0.141 e. The minimum absolute atomic E-state index is 0.216. The fourth-order valence-electron chi connectivity index (χ4n) is 2.85. The van der Waals surface area contributed by atoms with Gasteiger partial charge in [0, 0.05) is 18.6 Å². The van der Waals surface area contributed by atoms with Gasteiger partial charge in [-0.05, 0) is 43.6 Å². The van der Waals surface area contributed by atoms with Gasteiger partial charge in [-0.15, -0.1) is 0 Å². The third kappa shape index (κ3) is 3.47. The molecule has 2 rings (SSSR count). The third-order valence-corrected chi connectivity index (χ3v) is 4.14. The van der Waals surface area contributed by atoms with E-state index in [1.807, 2.05) is 6.07 Å². The average Bonchev–Trinajstić information content (AvgIpc) is 2.71. The Morgan fingerprint density at radius 2 is 2.21 bits per heavy atom. The summed E-state index contributed by atoms with van der Waals surface area (Å²) in [6, 6.07) is 5.91. The van der Waals surface area contributed by atoms with Crippen LogP contribution in [-0.2, 0) is 0 Å². The summed E-state index contributed by atoms with van der Waals surface area (Å²) in [5, 5.41) is 3.72. The molecule has 19 heavy (non-hydrogen) atoms. The first-order valence-corrected chi connectivity index (χ1v) is 7.25. The molecule has 1 aliphatic rings. The zero-order chi connectivity index (χ0) is 14.0. The number of nitrogens with one attached hydrogen (secondary N) is 1. The van der Waals surface area contributed by atoms with Gasteiger partial charge in [0.2, 0.25) is 0 Å². The molecule has 0 amide bonds. The lowest BCUT2D eigenvalue weighted by Gasteiger charge is -2.26. The molecule has 0 radical (unpaired) electrons. The Morgan fingerprint density at radius 1 is 1.47 bits per heavy atom. The van der Waals surface area contributed by atoms with Crippen molar-refractivity contribution in [3.05, 3.63) is 34.6 Å². The summed E-state index contributed by atoms with van der Waals surface area (Å²) in [7, 11) is 2.12. The highest BCUT2D eigenvalue weighted by Crippen LogP contribution is 2.36. The second-order valence-electron chi connectivity index (χ2n) is 5.71. The van der Waals surface area contributed by atoms with E-state index in [9.17, 15) is 4.39 Å². The highest BCUT2D eigenvalue weighted by molar-refractivity contribution is 6.30. The fourth-order valence-corrected chi connectivity index (χ4v) is 3.04. The van der Waals surface area contributed by atoms with Gasteiger partial charge in [-0.25, -0.2) is 4.39 Å². The van der Waals surface area contributed by atoms with Crippen LogP contribution >= 0.6 is 11.6 Å². The highest BCUT2D eigenvalue weighted by atomic mass is 35.5. The van der Waals surface area contributed by atoms with Gasteiger partial charge in [0.15, 0.2) is 0 Å². The van der Waals surface area contributed by atoms with Gasteiger partial charge in [-0.1, -0.05) is 31.5 Å². The van der Waals surface area contributed by atoms with E-state index in [4.69, 9.17) is 11.6 Å². The summed E-state index contributed by atoms with van der Waals surface area (Å²) in [5.41, 5.74) is 1.11. The number of nitrogens with zero attached hydrogens (tertiary/aromatic N) is 1. The Kier molecular flexibility index (Phi) is 4.82. The Bertz CT molecular complexity index is 436. The second kappa shape index (κ2) is 6.21. The summed E-state index contributed by atoms with van der Waals surface area (Å²) in [5.74, 6) is 0.205. The van der Waals surface area contributed by atoms with Crippen molar-refractivity contribution in [2.75, 3.05) is 20.1 Å². The maximum absolute atomic E-state index is 13.3. The topological polar surface area (TPSA) is 15.3 Å². The van der Waals surface area contributed by atoms with Crippen molar-refractivity contribution in [2.45, 2.75) is 32.4 Å². The zero-order valence-corrected chi connectivity index (χ0v) is 12.5. The number of hydrogen-bond donors (Lipinski definition) is 1. The molecule has 2 atom stereocenters. The standard InChI is InChI=1S/C15H22ClFN2/c1-10(2)18-9-12-6-7-19(3)15(12)11-4-5-14(17)13(16)8-11/h4-5,8,10,12,15,18H,6-7,9H2,1-3H3. The van der Waals surface area contributed by atoms with E-state index in [1.165, 1.54) is 6.07 Å². The number of rotatable bonds is 4. The molecule has 1 heterocycles. The molecule has 1 N–H and O–H groups in total. The van der Waals surface area contributed by atoms with Crippen molar-refractivity contribution < 1.29 is 4.39 Å². The maximum atomic E-state index is 13.3. The molecule has 1 aliphatic heterocycles. The van der Waals surface area contributed by atoms with Gasteiger partial charge in [0.25, 0.3) is 0 Å². The molecule has 0 aliphatic carbocycles. The van der Waals surface area contributed by atoms with Crippen LogP contribution in [0.25, 0.3) is 0 Å². The first-order valence-electron chi connectivity index (χ1n) is 6.87. The smallest absolute Gasteiger partial charge is 0.141 e. The van der Waals surface area contributed by atoms with Crippen LogP contribution in [0.15, 0.2) is 18.2 Å². The fraction of sp³-hybridized carbons (Fsp3) is 0.600. The molecule has 1 aromatic rings. The van der Waals surface area contributed by atoms with Gasteiger partial charge in [-0.3, -0.25) is 4.90 Å². The van der Waals surface area contributed by atoms with Crippen LogP contribution < -0.4 is 5.32 Å². The predicted octanol–water partition coefficient (Wildman–Crippen LogP) is 3.47. The molecule has 1 saturated heterocycles. The molecule has 0 aromatic heterocycles. The van der Waals surface area contributed by atoms with E-state index in [0.29, 0.717) is 18.0 Å². The summed E-state index contributed by atoms with van der Waals surface area (Å²) >= 11 is 5.91. The Labute approximate surface area is 119 Å². The molecule has 0 spiro atoms. The second-order valence-corrected chi connectivity index (χ2v) is 6.12. The first kappa shape index (κ1) is 14.8. The van der Waals surface area contributed by atoms with Crippen molar-refractivity contribution in [1.82, 2.24) is 10.2 Å². The number of hydrogen-bond acceptors (Lipinski definition) is 2. The lowest BCUT2D eigenvalue weighted by atomic mass is 9.93. The van der Waals surface area contributed by atoms with Gasteiger partial charge in [0.1, 0.15) is 5.82 Å². The van der Waals surface area contributed by atoms with E-state index in [2.05, 4.69) is 31.1 Å². The molecular formula is C15H22ClFN2. The summed E-state index contributed by atoms with van der Waals surface area (Å²) in [4.78, 5) is 2.33. The Hall–Kier alpha value is -0.640. The van der Waals surface area contributed by atoms with Crippen LogP contribution in [0.5, 0.6) is 0 Å². The highest BCUT2D eigenvalue weighted by Gasteiger charge is 2.33. The van der Waals surface area contributed by atoms with Crippen LogP contribution in [0.4, 0.5) is 4.39 Å². The molecule has 0 saturated carbocycles. The zero-order valence-electron chi connectivity index (χ0n) is 11.8. The van der Waals surface area contributed by atoms with Crippen LogP contribution in [0.3, 0.4) is 0 Å². The lowest BCUT2D eigenvalue weighted by Crippen LogP contribution is -2.32. The quantitative estimate of drug-likeness (QED) is 0.911. The van der Waals surface area contributed by atoms with Crippen LogP contribution in [0, 0.1) is 11.7 Å². The van der Waals surface area contributed by atoms with E-state index in [-0.39, 0.29) is 10.8 Å². The molecule has 106 valence electrons.